The number of rotatable bonds is 40. The zero-order chi connectivity index (χ0) is 36.4. The summed E-state index contributed by atoms with van der Waals surface area (Å²) in [6.07, 6.45) is 49.7. The number of carbonyl (C=O) groups is 2. The van der Waals surface area contributed by atoms with Crippen LogP contribution in [0.4, 0.5) is 0 Å². The second-order valence-electron chi connectivity index (χ2n) is 14.8. The Hall–Kier alpha value is -1.62. The first-order chi connectivity index (χ1) is 24.6. The molecular weight excluding hydrogens is 620 g/mol. The SMILES string of the molecule is CCCCCC/C=C\CCCCCCCC(=O)OCC(CO)OC(=O)CCCCCCCCCCCCC/C=C\CCCCCCCCCC. The second-order valence-corrected chi connectivity index (χ2v) is 14.8. The van der Waals surface area contributed by atoms with Gasteiger partial charge in [0.2, 0.25) is 0 Å². The molecule has 0 aromatic carbocycles. The van der Waals surface area contributed by atoms with E-state index >= 15 is 0 Å². The zero-order valence-electron chi connectivity index (χ0n) is 33.4. The van der Waals surface area contributed by atoms with Gasteiger partial charge in [-0.25, -0.2) is 0 Å². The molecule has 5 heteroatoms. The molecule has 5 nitrogen and oxygen atoms in total. The standard InChI is InChI=1S/C45H84O5/c1-3-5-7-9-11-13-15-17-18-19-20-21-22-23-24-25-26-28-30-32-34-36-38-40-45(48)50-43(41-46)42-49-44(47)39-37-35-33-31-29-27-16-14-12-10-8-6-4-2/h14,16,19-20,43,46H,3-13,15,17-18,21-42H2,1-2H3/b16-14-,20-19-. The van der Waals surface area contributed by atoms with Crippen LogP contribution in [0.2, 0.25) is 0 Å². The molecule has 0 saturated carbocycles. The van der Waals surface area contributed by atoms with Gasteiger partial charge in [-0.05, 0) is 64.2 Å². The number of aliphatic hydroxyl groups is 1. The summed E-state index contributed by atoms with van der Waals surface area (Å²) in [7, 11) is 0. The third kappa shape index (κ3) is 39.2. The number of carbonyl (C=O) groups excluding carboxylic acids is 2. The van der Waals surface area contributed by atoms with Crippen LogP contribution in [0, 0.1) is 0 Å². The van der Waals surface area contributed by atoms with E-state index in [1.54, 1.807) is 0 Å². The average Bonchev–Trinajstić information content (AvgIpc) is 3.12. The first kappa shape index (κ1) is 48.4. The lowest BCUT2D eigenvalue weighted by Crippen LogP contribution is -2.28. The maximum atomic E-state index is 12.2. The van der Waals surface area contributed by atoms with Crippen molar-refractivity contribution in [2.24, 2.45) is 0 Å². The van der Waals surface area contributed by atoms with Gasteiger partial charge in [0.15, 0.2) is 6.10 Å². The van der Waals surface area contributed by atoms with Crippen molar-refractivity contribution in [3.63, 3.8) is 0 Å². The Morgan fingerprint density at radius 3 is 1.10 bits per heavy atom. The van der Waals surface area contributed by atoms with Crippen LogP contribution in [0.15, 0.2) is 24.3 Å². The number of unbranched alkanes of at least 4 members (excludes halogenated alkanes) is 28. The van der Waals surface area contributed by atoms with Crippen LogP contribution in [-0.4, -0.2) is 36.4 Å². The Morgan fingerprint density at radius 1 is 0.440 bits per heavy atom. The molecular formula is C45H84O5. The zero-order valence-corrected chi connectivity index (χ0v) is 33.4. The quantitative estimate of drug-likeness (QED) is 0.0390. The molecule has 0 fully saturated rings. The summed E-state index contributed by atoms with van der Waals surface area (Å²) in [6, 6.07) is 0. The molecule has 0 bridgehead atoms. The van der Waals surface area contributed by atoms with Gasteiger partial charge in [-0.3, -0.25) is 9.59 Å². The van der Waals surface area contributed by atoms with Crippen LogP contribution in [0.3, 0.4) is 0 Å². The highest BCUT2D eigenvalue weighted by Crippen LogP contribution is 2.15. The van der Waals surface area contributed by atoms with E-state index in [-0.39, 0.29) is 25.2 Å². The van der Waals surface area contributed by atoms with Crippen LogP contribution in [-0.2, 0) is 19.1 Å². The maximum absolute atomic E-state index is 12.2. The summed E-state index contributed by atoms with van der Waals surface area (Å²) in [5.41, 5.74) is 0. The van der Waals surface area contributed by atoms with Gasteiger partial charge in [-0.15, -0.1) is 0 Å². The third-order valence-corrected chi connectivity index (χ3v) is 9.72. The monoisotopic (exact) mass is 705 g/mol. The Labute approximate surface area is 311 Å². The molecule has 0 aromatic heterocycles. The van der Waals surface area contributed by atoms with E-state index in [0.29, 0.717) is 12.8 Å². The predicted octanol–water partition coefficient (Wildman–Crippen LogP) is 13.8. The lowest BCUT2D eigenvalue weighted by atomic mass is 10.0. The molecule has 1 atom stereocenters. The fraction of sp³-hybridized carbons (Fsp3) is 0.867. The van der Waals surface area contributed by atoms with Gasteiger partial charge >= 0.3 is 11.9 Å². The smallest absolute Gasteiger partial charge is 0.306 e. The lowest BCUT2D eigenvalue weighted by Gasteiger charge is -2.15. The molecule has 1 unspecified atom stereocenters. The highest BCUT2D eigenvalue weighted by atomic mass is 16.6. The van der Waals surface area contributed by atoms with E-state index in [1.807, 2.05) is 0 Å². The van der Waals surface area contributed by atoms with Crippen molar-refractivity contribution in [2.75, 3.05) is 13.2 Å². The Morgan fingerprint density at radius 2 is 0.740 bits per heavy atom. The Kier molecular flexibility index (Phi) is 40.4. The summed E-state index contributed by atoms with van der Waals surface area (Å²) in [5, 5.41) is 9.57. The molecule has 0 aliphatic rings. The molecule has 0 aromatic rings. The first-order valence-corrected chi connectivity index (χ1v) is 21.9. The molecule has 0 aliphatic heterocycles. The van der Waals surface area contributed by atoms with Crippen molar-refractivity contribution in [1.29, 1.82) is 0 Å². The number of esters is 2. The fourth-order valence-corrected chi connectivity index (χ4v) is 6.37. The average molecular weight is 705 g/mol. The normalized spacial score (nSPS) is 12.3. The Balaban J connectivity index is 3.49. The summed E-state index contributed by atoms with van der Waals surface area (Å²) >= 11 is 0. The molecule has 0 spiro atoms. The third-order valence-electron chi connectivity index (χ3n) is 9.72. The highest BCUT2D eigenvalue weighted by Gasteiger charge is 2.16. The minimum absolute atomic E-state index is 0.0672. The van der Waals surface area contributed by atoms with E-state index in [0.717, 1.165) is 44.9 Å². The number of ether oxygens (including phenoxy) is 2. The molecule has 50 heavy (non-hydrogen) atoms. The van der Waals surface area contributed by atoms with Gasteiger partial charge < -0.3 is 14.6 Å². The summed E-state index contributed by atoms with van der Waals surface area (Å²) < 4.78 is 10.6. The molecule has 0 amide bonds. The predicted molar refractivity (Wildman–Crippen MR) is 215 cm³/mol. The summed E-state index contributed by atoms with van der Waals surface area (Å²) in [6.45, 7) is 4.13. The second kappa shape index (κ2) is 41.8. The maximum Gasteiger partial charge on any atom is 0.306 e. The fourth-order valence-electron chi connectivity index (χ4n) is 6.37. The van der Waals surface area contributed by atoms with Gasteiger partial charge in [-0.1, -0.05) is 179 Å². The molecule has 0 radical (unpaired) electrons. The number of aliphatic hydroxyl groups excluding tert-OH is 1. The lowest BCUT2D eigenvalue weighted by molar-refractivity contribution is -0.161. The van der Waals surface area contributed by atoms with E-state index in [9.17, 15) is 14.7 Å². The molecule has 0 saturated heterocycles. The van der Waals surface area contributed by atoms with Crippen LogP contribution in [0.1, 0.15) is 232 Å². The van der Waals surface area contributed by atoms with E-state index in [1.165, 1.54) is 161 Å². The summed E-state index contributed by atoms with van der Waals surface area (Å²) in [4.78, 5) is 24.3. The summed E-state index contributed by atoms with van der Waals surface area (Å²) in [5.74, 6) is -0.594. The van der Waals surface area contributed by atoms with Gasteiger partial charge in [0.25, 0.3) is 0 Å². The van der Waals surface area contributed by atoms with Crippen LogP contribution >= 0.6 is 0 Å². The van der Waals surface area contributed by atoms with Crippen molar-refractivity contribution in [3.05, 3.63) is 24.3 Å². The van der Waals surface area contributed by atoms with E-state index in [4.69, 9.17) is 9.47 Å². The number of hydrogen-bond donors (Lipinski definition) is 1. The van der Waals surface area contributed by atoms with Crippen LogP contribution in [0.25, 0.3) is 0 Å². The van der Waals surface area contributed by atoms with Crippen molar-refractivity contribution in [1.82, 2.24) is 0 Å². The van der Waals surface area contributed by atoms with Gasteiger partial charge in [0.05, 0.1) is 6.61 Å². The number of allylic oxidation sites excluding steroid dienone is 4. The van der Waals surface area contributed by atoms with Gasteiger partial charge in [-0.2, -0.15) is 0 Å². The van der Waals surface area contributed by atoms with Gasteiger partial charge in [0, 0.05) is 12.8 Å². The largest absolute Gasteiger partial charge is 0.462 e. The Bertz CT molecular complexity index is 761. The van der Waals surface area contributed by atoms with Gasteiger partial charge in [0.1, 0.15) is 6.61 Å². The number of hydrogen-bond acceptors (Lipinski definition) is 5. The van der Waals surface area contributed by atoms with Crippen LogP contribution in [0.5, 0.6) is 0 Å². The van der Waals surface area contributed by atoms with Crippen molar-refractivity contribution in [3.8, 4) is 0 Å². The molecule has 1 N–H and O–H groups in total. The first-order valence-electron chi connectivity index (χ1n) is 21.9. The molecule has 0 rings (SSSR count). The minimum atomic E-state index is -0.771. The van der Waals surface area contributed by atoms with E-state index in [2.05, 4.69) is 38.2 Å². The molecule has 0 aliphatic carbocycles. The van der Waals surface area contributed by atoms with Crippen molar-refractivity contribution < 1.29 is 24.2 Å². The highest BCUT2D eigenvalue weighted by molar-refractivity contribution is 5.70. The van der Waals surface area contributed by atoms with Crippen molar-refractivity contribution in [2.45, 2.75) is 238 Å². The van der Waals surface area contributed by atoms with Crippen LogP contribution < -0.4 is 0 Å². The van der Waals surface area contributed by atoms with Crippen molar-refractivity contribution >= 4 is 11.9 Å². The minimum Gasteiger partial charge on any atom is -0.462 e. The molecule has 0 heterocycles. The van der Waals surface area contributed by atoms with E-state index < -0.39 is 6.10 Å². The topological polar surface area (TPSA) is 72.8 Å². The molecule has 294 valence electrons.